The van der Waals surface area contributed by atoms with E-state index in [9.17, 15) is 14.4 Å². The molecular weight excluding hydrogens is 430 g/mol. The fraction of sp³-hybridized carbons (Fsp3) is 0.565. The third-order valence-corrected chi connectivity index (χ3v) is 3.75. The van der Waals surface area contributed by atoms with Gasteiger partial charge in [-0.05, 0) is 53.5 Å². The van der Waals surface area contributed by atoms with Gasteiger partial charge in [0.15, 0.2) is 5.84 Å². The lowest BCUT2D eigenvalue weighted by Crippen LogP contribution is -2.43. The number of oxime groups is 1. The maximum Gasteiger partial charge on any atom is 0.535 e. The summed E-state index contributed by atoms with van der Waals surface area (Å²) < 4.78 is 15.5. The van der Waals surface area contributed by atoms with Gasteiger partial charge in [-0.2, -0.15) is 0 Å². The van der Waals surface area contributed by atoms with Crippen LogP contribution in [0.2, 0.25) is 0 Å². The Labute approximate surface area is 195 Å². The fourth-order valence-electron chi connectivity index (χ4n) is 2.27. The molecule has 2 N–H and O–H groups in total. The molecule has 1 rings (SSSR count). The van der Waals surface area contributed by atoms with E-state index in [1.807, 2.05) is 6.92 Å². The Morgan fingerprint density at radius 3 is 1.91 bits per heavy atom. The van der Waals surface area contributed by atoms with E-state index >= 15 is 0 Å². The average Bonchev–Trinajstić information content (AvgIpc) is 2.68. The number of benzene rings is 1. The molecule has 0 heterocycles. The Hall–Kier alpha value is -3.30. The van der Waals surface area contributed by atoms with Gasteiger partial charge in [0.05, 0.1) is 13.2 Å². The van der Waals surface area contributed by atoms with Crippen LogP contribution in [-0.2, 0) is 25.6 Å². The highest BCUT2D eigenvalue weighted by Crippen LogP contribution is 2.17. The Morgan fingerprint density at radius 2 is 1.45 bits per heavy atom. The lowest BCUT2D eigenvalue weighted by atomic mass is 10.1. The van der Waals surface area contributed by atoms with E-state index in [2.05, 4.69) is 9.99 Å². The molecule has 0 saturated carbocycles. The third-order valence-electron chi connectivity index (χ3n) is 3.75. The number of amidine groups is 1. The third kappa shape index (κ3) is 11.2. The molecule has 0 radical (unpaired) electrons. The Balaban J connectivity index is 2.91. The molecule has 0 aliphatic rings. The van der Waals surface area contributed by atoms with Crippen molar-refractivity contribution >= 4 is 24.2 Å². The highest BCUT2D eigenvalue weighted by atomic mass is 16.8. The second-order valence-electron chi connectivity index (χ2n) is 9.26. The van der Waals surface area contributed by atoms with E-state index in [0.717, 1.165) is 17.7 Å². The molecule has 0 atom stereocenters. The molecule has 0 aliphatic carbocycles. The number of unbranched alkanes of at least 4 members (excludes halogenated alkanes) is 1. The SMILES string of the molecule is CCCCOC(=O)ON=C(N)c1ccc(CN(C(=O)OC(C)(C)C)C(=O)OC(C)(C)C)cc1. The maximum absolute atomic E-state index is 12.6. The first kappa shape index (κ1) is 27.7. The minimum absolute atomic E-state index is 0.0369. The van der Waals surface area contributed by atoms with Crippen molar-refractivity contribution in [3.63, 3.8) is 0 Å². The van der Waals surface area contributed by atoms with Gasteiger partial charge in [0.2, 0.25) is 0 Å². The van der Waals surface area contributed by atoms with Gasteiger partial charge in [0, 0.05) is 5.56 Å². The van der Waals surface area contributed by atoms with Crippen LogP contribution in [0, 0.1) is 0 Å². The largest absolute Gasteiger partial charge is 0.535 e. The van der Waals surface area contributed by atoms with E-state index in [-0.39, 0.29) is 19.0 Å². The summed E-state index contributed by atoms with van der Waals surface area (Å²) in [6.45, 7) is 12.4. The lowest BCUT2D eigenvalue weighted by molar-refractivity contribution is -0.000278. The first-order valence-electron chi connectivity index (χ1n) is 10.7. The molecular formula is C23H35N3O7. The minimum atomic E-state index is -0.937. The van der Waals surface area contributed by atoms with Gasteiger partial charge in [-0.1, -0.05) is 42.8 Å². The summed E-state index contributed by atoms with van der Waals surface area (Å²) in [6, 6.07) is 6.53. The van der Waals surface area contributed by atoms with E-state index in [1.165, 1.54) is 0 Å². The summed E-state index contributed by atoms with van der Waals surface area (Å²) in [4.78, 5) is 42.2. The number of amides is 2. The lowest BCUT2D eigenvalue weighted by Gasteiger charge is -2.28. The van der Waals surface area contributed by atoms with Crippen molar-refractivity contribution in [2.24, 2.45) is 10.9 Å². The summed E-state index contributed by atoms with van der Waals surface area (Å²) in [6.07, 6.45) is -0.980. The number of nitrogens with zero attached hydrogens (tertiary/aromatic N) is 2. The standard InChI is InChI=1S/C23H35N3O7/c1-8-9-14-30-21(29)33-25-18(24)17-12-10-16(11-13-17)15-26(19(27)31-22(2,3)4)20(28)32-23(5,6)7/h10-13H,8-9,14-15H2,1-7H3,(H2,24,25). The molecule has 0 aliphatic heterocycles. The zero-order valence-electron chi connectivity index (χ0n) is 20.5. The molecule has 1 aromatic rings. The zero-order valence-corrected chi connectivity index (χ0v) is 20.5. The van der Waals surface area contributed by atoms with Crippen LogP contribution < -0.4 is 5.73 Å². The van der Waals surface area contributed by atoms with Gasteiger partial charge in [-0.25, -0.2) is 19.3 Å². The molecule has 0 spiro atoms. The molecule has 0 bridgehead atoms. The normalized spacial score (nSPS) is 12.0. The zero-order chi connectivity index (χ0) is 25.2. The minimum Gasteiger partial charge on any atom is -0.443 e. The molecule has 1 aromatic carbocycles. The first-order chi connectivity index (χ1) is 15.2. The highest BCUT2D eigenvalue weighted by Gasteiger charge is 2.31. The van der Waals surface area contributed by atoms with E-state index < -0.39 is 29.5 Å². The van der Waals surface area contributed by atoms with Gasteiger partial charge in [-0.15, -0.1) is 0 Å². The molecule has 33 heavy (non-hydrogen) atoms. The number of carbonyl (C=O) groups excluding carboxylic acids is 3. The van der Waals surface area contributed by atoms with Crippen LogP contribution in [0.5, 0.6) is 0 Å². The van der Waals surface area contributed by atoms with Crippen molar-refractivity contribution in [2.45, 2.75) is 79.1 Å². The van der Waals surface area contributed by atoms with Crippen LogP contribution >= 0.6 is 0 Å². The summed E-state index contributed by atoms with van der Waals surface area (Å²) in [5.41, 5.74) is 5.35. The first-order valence-corrected chi connectivity index (χ1v) is 10.7. The fourth-order valence-corrected chi connectivity index (χ4v) is 2.27. The number of nitrogens with two attached hydrogens (primary N) is 1. The molecule has 10 heteroatoms. The van der Waals surface area contributed by atoms with Crippen molar-refractivity contribution in [3.8, 4) is 0 Å². The summed E-state index contributed by atoms with van der Waals surface area (Å²) in [7, 11) is 0. The quantitative estimate of drug-likeness (QED) is 0.114. The summed E-state index contributed by atoms with van der Waals surface area (Å²) in [5.74, 6) is -0.0369. The molecule has 10 nitrogen and oxygen atoms in total. The van der Waals surface area contributed by atoms with Crippen molar-refractivity contribution < 1.29 is 33.4 Å². The van der Waals surface area contributed by atoms with Crippen LogP contribution in [-0.4, -0.2) is 46.9 Å². The second kappa shape index (κ2) is 12.1. The van der Waals surface area contributed by atoms with Crippen LogP contribution in [0.15, 0.2) is 29.4 Å². The number of carbonyl (C=O) groups is 3. The van der Waals surface area contributed by atoms with Gasteiger partial charge in [0.1, 0.15) is 11.2 Å². The Bertz CT molecular complexity index is 809. The molecule has 0 saturated heterocycles. The van der Waals surface area contributed by atoms with Gasteiger partial charge in [0.25, 0.3) is 0 Å². The number of ether oxygens (including phenoxy) is 3. The monoisotopic (exact) mass is 465 g/mol. The summed E-state index contributed by atoms with van der Waals surface area (Å²) in [5, 5.41) is 3.56. The van der Waals surface area contributed by atoms with Gasteiger partial charge in [-0.3, -0.25) is 4.84 Å². The molecule has 0 aromatic heterocycles. The second-order valence-corrected chi connectivity index (χ2v) is 9.26. The topological polar surface area (TPSA) is 130 Å². The number of rotatable bonds is 7. The van der Waals surface area contributed by atoms with Crippen molar-refractivity contribution in [1.29, 1.82) is 0 Å². The number of hydrogen-bond donors (Lipinski definition) is 1. The highest BCUT2D eigenvalue weighted by molar-refractivity contribution is 5.97. The molecule has 0 unspecified atom stereocenters. The van der Waals surface area contributed by atoms with Gasteiger partial charge >= 0.3 is 18.3 Å². The Morgan fingerprint density at radius 1 is 0.939 bits per heavy atom. The number of imide groups is 1. The van der Waals surface area contributed by atoms with Gasteiger partial charge < -0.3 is 19.9 Å². The molecule has 2 amide bonds. The predicted molar refractivity (Wildman–Crippen MR) is 123 cm³/mol. The molecule has 184 valence electrons. The average molecular weight is 466 g/mol. The van der Waals surface area contributed by atoms with E-state index in [0.29, 0.717) is 11.1 Å². The smallest absolute Gasteiger partial charge is 0.443 e. The maximum atomic E-state index is 12.6. The number of hydrogen-bond acceptors (Lipinski definition) is 8. The Kier molecular flexibility index (Phi) is 10.2. The van der Waals surface area contributed by atoms with Crippen molar-refractivity contribution in [2.75, 3.05) is 6.61 Å². The van der Waals surface area contributed by atoms with Crippen molar-refractivity contribution in [1.82, 2.24) is 4.90 Å². The van der Waals surface area contributed by atoms with Crippen LogP contribution in [0.4, 0.5) is 14.4 Å². The molecule has 0 fully saturated rings. The van der Waals surface area contributed by atoms with E-state index in [4.69, 9.17) is 19.9 Å². The van der Waals surface area contributed by atoms with Crippen molar-refractivity contribution in [3.05, 3.63) is 35.4 Å². The van der Waals surface area contributed by atoms with Crippen LogP contribution in [0.1, 0.15) is 72.4 Å². The summed E-state index contributed by atoms with van der Waals surface area (Å²) >= 11 is 0. The van der Waals surface area contributed by atoms with Crippen LogP contribution in [0.3, 0.4) is 0 Å². The van der Waals surface area contributed by atoms with E-state index in [1.54, 1.807) is 65.8 Å². The van der Waals surface area contributed by atoms with Crippen LogP contribution in [0.25, 0.3) is 0 Å². The predicted octanol–water partition coefficient (Wildman–Crippen LogP) is 4.93.